The predicted octanol–water partition coefficient (Wildman–Crippen LogP) is 3.22. The van der Waals surface area contributed by atoms with Gasteiger partial charge in [0.1, 0.15) is 11.3 Å². The molecule has 0 saturated heterocycles. The standard InChI is InChI=1S/C20H27N5O3S/c1-20(2,3)11-22-7-8-25-12-5-6-23-18(21)17(12)24-19(25)29-16-10-14(27)13(26)9-15(16)28-4/h5-6,9-10,22,26-27H,7-8,11H2,1-4H3,(H2,21,23). The number of hydrogen-bond donors (Lipinski definition) is 4. The molecule has 156 valence electrons. The molecule has 8 nitrogen and oxygen atoms in total. The number of nitrogen functional groups attached to an aromatic ring is 1. The second kappa shape index (κ2) is 8.38. The predicted molar refractivity (Wildman–Crippen MR) is 115 cm³/mol. The number of aromatic hydroxyl groups is 2. The fraction of sp³-hybridized carbons (Fsp3) is 0.400. The van der Waals surface area contributed by atoms with Crippen LogP contribution in [0.15, 0.2) is 34.4 Å². The van der Waals surface area contributed by atoms with Crippen LogP contribution in [0.4, 0.5) is 5.82 Å². The lowest BCUT2D eigenvalue weighted by atomic mass is 9.97. The van der Waals surface area contributed by atoms with Crippen molar-refractivity contribution in [2.24, 2.45) is 5.41 Å². The first-order chi connectivity index (χ1) is 13.7. The average Bonchev–Trinajstić information content (AvgIpc) is 2.99. The number of anilines is 1. The van der Waals surface area contributed by atoms with E-state index in [2.05, 4.69) is 40.6 Å². The minimum Gasteiger partial charge on any atom is -0.504 e. The Morgan fingerprint density at radius 1 is 1.24 bits per heavy atom. The van der Waals surface area contributed by atoms with Crippen molar-refractivity contribution in [3.05, 3.63) is 24.4 Å². The van der Waals surface area contributed by atoms with Crippen molar-refractivity contribution < 1.29 is 14.9 Å². The van der Waals surface area contributed by atoms with Gasteiger partial charge in [0.15, 0.2) is 22.5 Å². The van der Waals surface area contributed by atoms with Gasteiger partial charge in [-0.2, -0.15) is 0 Å². The second-order valence-corrected chi connectivity index (χ2v) is 8.95. The average molecular weight is 418 g/mol. The van der Waals surface area contributed by atoms with Crippen LogP contribution in [0, 0.1) is 5.41 Å². The Labute approximate surface area is 174 Å². The van der Waals surface area contributed by atoms with Crippen molar-refractivity contribution in [2.45, 2.75) is 37.4 Å². The Bertz CT molecular complexity index is 1010. The summed E-state index contributed by atoms with van der Waals surface area (Å²) in [5.74, 6) is 0.357. The van der Waals surface area contributed by atoms with Crippen LogP contribution in [-0.2, 0) is 6.54 Å². The number of pyridine rings is 1. The highest BCUT2D eigenvalue weighted by atomic mass is 32.2. The van der Waals surface area contributed by atoms with Gasteiger partial charge < -0.3 is 30.6 Å². The SMILES string of the molecule is COc1cc(O)c(O)cc1Sc1nc2c(N)nccc2n1CCNCC(C)(C)C. The zero-order valence-electron chi connectivity index (χ0n) is 17.1. The molecule has 0 saturated carbocycles. The third-order valence-corrected chi connectivity index (χ3v) is 5.32. The first-order valence-corrected chi connectivity index (χ1v) is 10.1. The summed E-state index contributed by atoms with van der Waals surface area (Å²) in [6.07, 6.45) is 1.67. The second-order valence-electron chi connectivity index (χ2n) is 7.94. The van der Waals surface area contributed by atoms with Crippen molar-refractivity contribution in [1.82, 2.24) is 19.9 Å². The van der Waals surface area contributed by atoms with Crippen LogP contribution in [0.5, 0.6) is 17.2 Å². The van der Waals surface area contributed by atoms with Gasteiger partial charge in [0, 0.05) is 38.0 Å². The molecular weight excluding hydrogens is 390 g/mol. The summed E-state index contributed by atoms with van der Waals surface area (Å²) in [7, 11) is 1.51. The largest absolute Gasteiger partial charge is 0.504 e. The highest BCUT2D eigenvalue weighted by Gasteiger charge is 2.18. The molecule has 3 rings (SSSR count). The van der Waals surface area contributed by atoms with Crippen LogP contribution in [0.2, 0.25) is 0 Å². The fourth-order valence-electron chi connectivity index (χ4n) is 2.88. The molecule has 0 atom stereocenters. The summed E-state index contributed by atoms with van der Waals surface area (Å²) in [6.45, 7) is 8.89. The summed E-state index contributed by atoms with van der Waals surface area (Å²) in [4.78, 5) is 9.44. The van der Waals surface area contributed by atoms with Crippen LogP contribution >= 0.6 is 11.8 Å². The monoisotopic (exact) mass is 417 g/mol. The number of imidazole rings is 1. The van der Waals surface area contributed by atoms with Gasteiger partial charge in [-0.15, -0.1) is 0 Å². The molecule has 0 radical (unpaired) electrons. The smallest absolute Gasteiger partial charge is 0.174 e. The van der Waals surface area contributed by atoms with Gasteiger partial charge in [-0.05, 0) is 23.2 Å². The summed E-state index contributed by atoms with van der Waals surface area (Å²) in [5, 5.41) is 23.8. The van der Waals surface area contributed by atoms with Crippen LogP contribution in [-0.4, -0.2) is 44.9 Å². The molecule has 0 aliphatic rings. The van der Waals surface area contributed by atoms with Crippen molar-refractivity contribution in [1.29, 1.82) is 0 Å². The van der Waals surface area contributed by atoms with E-state index in [1.54, 1.807) is 6.20 Å². The lowest BCUT2D eigenvalue weighted by Crippen LogP contribution is -2.29. The Kier molecular flexibility index (Phi) is 6.09. The van der Waals surface area contributed by atoms with Gasteiger partial charge in [-0.1, -0.05) is 20.8 Å². The number of phenolic OH excluding ortho intramolecular Hbond substituents is 2. The van der Waals surface area contributed by atoms with Crippen molar-refractivity contribution >= 4 is 28.6 Å². The molecule has 0 aliphatic heterocycles. The minimum atomic E-state index is -0.237. The van der Waals surface area contributed by atoms with Crippen LogP contribution in [0.1, 0.15) is 20.8 Å². The Morgan fingerprint density at radius 2 is 1.97 bits per heavy atom. The van der Waals surface area contributed by atoms with Crippen LogP contribution < -0.4 is 15.8 Å². The lowest BCUT2D eigenvalue weighted by Gasteiger charge is -2.19. The van der Waals surface area contributed by atoms with Gasteiger partial charge in [0.2, 0.25) is 0 Å². The molecule has 3 aromatic rings. The van der Waals surface area contributed by atoms with Crippen molar-refractivity contribution in [3.63, 3.8) is 0 Å². The zero-order chi connectivity index (χ0) is 21.2. The van der Waals surface area contributed by atoms with Gasteiger partial charge >= 0.3 is 0 Å². The van der Waals surface area contributed by atoms with E-state index in [0.29, 0.717) is 33.7 Å². The first kappa shape index (κ1) is 21.1. The Hall–Kier alpha value is -2.65. The van der Waals surface area contributed by atoms with Crippen LogP contribution in [0.25, 0.3) is 11.0 Å². The highest BCUT2D eigenvalue weighted by molar-refractivity contribution is 7.99. The molecular formula is C20H27N5O3S. The molecule has 29 heavy (non-hydrogen) atoms. The molecule has 0 fully saturated rings. The lowest BCUT2D eigenvalue weighted by molar-refractivity contribution is 0.374. The number of benzene rings is 1. The minimum absolute atomic E-state index is 0.194. The van der Waals surface area contributed by atoms with Gasteiger partial charge in [-0.3, -0.25) is 0 Å². The number of aromatic nitrogens is 3. The van der Waals surface area contributed by atoms with Crippen LogP contribution in [0.3, 0.4) is 0 Å². The number of rotatable bonds is 7. The molecule has 0 unspecified atom stereocenters. The maximum atomic E-state index is 9.91. The third kappa shape index (κ3) is 4.86. The topological polar surface area (TPSA) is 118 Å². The first-order valence-electron chi connectivity index (χ1n) is 9.29. The number of nitrogens with one attached hydrogen (secondary N) is 1. The molecule has 2 heterocycles. The van der Waals surface area contributed by atoms with Crippen molar-refractivity contribution in [3.8, 4) is 17.2 Å². The molecule has 0 aliphatic carbocycles. The number of ether oxygens (including phenoxy) is 1. The quantitative estimate of drug-likeness (QED) is 0.342. The molecule has 1 aromatic carbocycles. The zero-order valence-corrected chi connectivity index (χ0v) is 17.9. The molecule has 0 bridgehead atoms. The normalized spacial score (nSPS) is 11.9. The number of phenols is 2. The molecule has 9 heteroatoms. The summed E-state index contributed by atoms with van der Waals surface area (Å²) in [6, 6.07) is 4.73. The van der Waals surface area contributed by atoms with Crippen molar-refractivity contribution in [2.75, 3.05) is 25.9 Å². The number of nitrogens with two attached hydrogens (primary N) is 1. The van der Waals surface area contributed by atoms with Gasteiger partial charge in [0.05, 0.1) is 17.5 Å². The number of hydrogen-bond acceptors (Lipinski definition) is 8. The number of nitrogens with zero attached hydrogens (tertiary/aromatic N) is 3. The van der Waals surface area contributed by atoms with Gasteiger partial charge in [0.25, 0.3) is 0 Å². The van der Waals surface area contributed by atoms with E-state index in [-0.39, 0.29) is 16.9 Å². The molecule has 0 spiro atoms. The fourth-order valence-corrected chi connectivity index (χ4v) is 3.92. The molecule has 2 aromatic heterocycles. The van der Waals surface area contributed by atoms with E-state index in [1.807, 2.05) is 6.07 Å². The Balaban J connectivity index is 1.95. The van der Waals surface area contributed by atoms with E-state index in [0.717, 1.165) is 18.6 Å². The number of methoxy groups -OCH3 is 1. The molecule has 5 N–H and O–H groups in total. The van der Waals surface area contributed by atoms with Gasteiger partial charge in [-0.25, -0.2) is 9.97 Å². The summed E-state index contributed by atoms with van der Waals surface area (Å²) in [5.41, 5.74) is 7.75. The number of fused-ring (bicyclic) bond motifs is 1. The van der Waals surface area contributed by atoms with E-state index in [9.17, 15) is 10.2 Å². The van der Waals surface area contributed by atoms with E-state index in [1.165, 1.54) is 31.0 Å². The maximum Gasteiger partial charge on any atom is 0.174 e. The molecule has 0 amide bonds. The van der Waals surface area contributed by atoms with E-state index < -0.39 is 0 Å². The third-order valence-electron chi connectivity index (χ3n) is 4.29. The van der Waals surface area contributed by atoms with E-state index >= 15 is 0 Å². The Morgan fingerprint density at radius 3 is 2.66 bits per heavy atom. The maximum absolute atomic E-state index is 9.91. The summed E-state index contributed by atoms with van der Waals surface area (Å²) >= 11 is 1.33. The highest BCUT2D eigenvalue weighted by Crippen LogP contribution is 2.42. The summed E-state index contributed by atoms with van der Waals surface area (Å²) < 4.78 is 7.42. The van der Waals surface area contributed by atoms with E-state index in [4.69, 9.17) is 10.5 Å².